The molecule has 2 aromatic carbocycles. The van der Waals surface area contributed by atoms with Crippen LogP contribution in [0.1, 0.15) is 16.7 Å². The van der Waals surface area contributed by atoms with Crippen molar-refractivity contribution in [3.05, 3.63) is 71.3 Å². The molecule has 0 saturated carbocycles. The van der Waals surface area contributed by atoms with E-state index in [-0.39, 0.29) is 5.56 Å². The van der Waals surface area contributed by atoms with Gasteiger partial charge in [0.15, 0.2) is 5.54 Å². The van der Waals surface area contributed by atoms with Crippen molar-refractivity contribution in [2.24, 2.45) is 0 Å². The molecule has 0 fully saturated rings. The van der Waals surface area contributed by atoms with Gasteiger partial charge in [-0.05, 0) is 23.1 Å². The Morgan fingerprint density at radius 1 is 0.900 bits per heavy atom. The van der Waals surface area contributed by atoms with Crippen molar-refractivity contribution in [1.82, 2.24) is 5.32 Å². The molecule has 0 bridgehead atoms. The maximum atomic E-state index is 13.9. The van der Waals surface area contributed by atoms with Gasteiger partial charge >= 0.3 is 6.18 Å². The second-order valence-electron chi connectivity index (χ2n) is 4.95. The molecule has 1 unspecified atom stereocenters. The van der Waals surface area contributed by atoms with E-state index < -0.39 is 11.7 Å². The maximum Gasteiger partial charge on any atom is 0.415 e. The summed E-state index contributed by atoms with van der Waals surface area (Å²) >= 11 is 0. The SMILES string of the molecule is FC(F)(F)C1(c2ccccc2)NCCc2ccccc21. The van der Waals surface area contributed by atoms with Gasteiger partial charge in [0, 0.05) is 6.54 Å². The van der Waals surface area contributed by atoms with E-state index in [1.807, 2.05) is 0 Å². The smallest absolute Gasteiger partial charge is 0.296 e. The monoisotopic (exact) mass is 277 g/mol. The molecule has 2 aromatic rings. The molecule has 1 nitrogen and oxygen atoms in total. The van der Waals surface area contributed by atoms with Crippen LogP contribution < -0.4 is 5.32 Å². The zero-order valence-corrected chi connectivity index (χ0v) is 10.7. The Bertz CT molecular complexity index is 607. The summed E-state index contributed by atoms with van der Waals surface area (Å²) in [5.41, 5.74) is -0.805. The van der Waals surface area contributed by atoms with Gasteiger partial charge < -0.3 is 0 Å². The number of nitrogens with one attached hydrogen (secondary N) is 1. The highest BCUT2D eigenvalue weighted by Gasteiger charge is 2.58. The highest BCUT2D eigenvalue weighted by atomic mass is 19.4. The van der Waals surface area contributed by atoms with Crippen molar-refractivity contribution in [1.29, 1.82) is 0 Å². The van der Waals surface area contributed by atoms with Crippen LogP contribution in [0.15, 0.2) is 54.6 Å². The average Bonchev–Trinajstić information content (AvgIpc) is 2.46. The molecule has 1 N–H and O–H groups in total. The number of fused-ring (bicyclic) bond motifs is 1. The van der Waals surface area contributed by atoms with Crippen LogP contribution in [0.25, 0.3) is 0 Å². The molecule has 1 heterocycles. The highest BCUT2D eigenvalue weighted by Crippen LogP contribution is 2.46. The molecule has 1 aliphatic rings. The summed E-state index contributed by atoms with van der Waals surface area (Å²) in [4.78, 5) is 0. The average molecular weight is 277 g/mol. The zero-order valence-electron chi connectivity index (χ0n) is 10.7. The largest absolute Gasteiger partial charge is 0.415 e. The van der Waals surface area contributed by atoms with Crippen LogP contribution in [0, 0.1) is 0 Å². The predicted octanol–water partition coefficient (Wildman–Crippen LogP) is 3.64. The van der Waals surface area contributed by atoms with E-state index >= 15 is 0 Å². The molecule has 0 aromatic heterocycles. The van der Waals surface area contributed by atoms with Crippen molar-refractivity contribution < 1.29 is 13.2 Å². The van der Waals surface area contributed by atoms with E-state index in [0.29, 0.717) is 18.5 Å². The Balaban J connectivity index is 2.29. The van der Waals surface area contributed by atoms with E-state index in [0.717, 1.165) is 5.56 Å². The lowest BCUT2D eigenvalue weighted by Crippen LogP contribution is -2.57. The lowest BCUT2D eigenvalue weighted by Gasteiger charge is -2.41. The van der Waals surface area contributed by atoms with Gasteiger partial charge in [-0.15, -0.1) is 0 Å². The molecule has 0 radical (unpaired) electrons. The predicted molar refractivity (Wildman–Crippen MR) is 71.4 cm³/mol. The van der Waals surface area contributed by atoms with Crippen molar-refractivity contribution >= 4 is 0 Å². The minimum Gasteiger partial charge on any atom is -0.296 e. The molecular weight excluding hydrogens is 263 g/mol. The molecule has 4 heteroatoms. The highest BCUT2D eigenvalue weighted by molar-refractivity contribution is 5.46. The number of benzene rings is 2. The fraction of sp³-hybridized carbons (Fsp3) is 0.250. The molecule has 0 saturated heterocycles. The Morgan fingerprint density at radius 3 is 2.25 bits per heavy atom. The Hall–Kier alpha value is -1.81. The van der Waals surface area contributed by atoms with E-state index in [2.05, 4.69) is 5.32 Å². The number of halogens is 3. The minimum absolute atomic E-state index is 0.236. The van der Waals surface area contributed by atoms with Crippen LogP contribution in [-0.2, 0) is 12.0 Å². The van der Waals surface area contributed by atoms with Gasteiger partial charge in [0.2, 0.25) is 0 Å². The summed E-state index contributed by atoms with van der Waals surface area (Å²) in [6, 6.07) is 14.9. The third kappa shape index (κ3) is 1.83. The number of rotatable bonds is 1. The van der Waals surface area contributed by atoms with E-state index in [4.69, 9.17) is 0 Å². The van der Waals surface area contributed by atoms with E-state index in [9.17, 15) is 13.2 Å². The summed E-state index contributed by atoms with van der Waals surface area (Å²) in [5, 5.41) is 2.72. The van der Waals surface area contributed by atoms with Crippen LogP contribution in [0.5, 0.6) is 0 Å². The van der Waals surface area contributed by atoms with Gasteiger partial charge in [0.05, 0.1) is 0 Å². The summed E-state index contributed by atoms with van der Waals surface area (Å²) in [7, 11) is 0. The lowest BCUT2D eigenvalue weighted by molar-refractivity contribution is -0.189. The number of hydrogen-bond donors (Lipinski definition) is 1. The first-order valence-electron chi connectivity index (χ1n) is 6.51. The first-order chi connectivity index (χ1) is 9.56. The normalized spacial score (nSPS) is 22.4. The van der Waals surface area contributed by atoms with Crippen molar-refractivity contribution in [3.8, 4) is 0 Å². The van der Waals surface area contributed by atoms with Gasteiger partial charge in [-0.1, -0.05) is 54.6 Å². The second-order valence-corrected chi connectivity index (χ2v) is 4.95. The van der Waals surface area contributed by atoms with Crippen molar-refractivity contribution in [2.45, 2.75) is 18.1 Å². The fourth-order valence-corrected chi connectivity index (χ4v) is 2.95. The first-order valence-corrected chi connectivity index (χ1v) is 6.51. The number of alkyl halides is 3. The Labute approximate surface area is 115 Å². The van der Waals surface area contributed by atoms with Crippen LogP contribution in [-0.4, -0.2) is 12.7 Å². The standard InChI is InChI=1S/C16H14F3N/c17-16(18,19)15(13-7-2-1-3-8-13)14-9-5-4-6-12(14)10-11-20-15/h1-9,20H,10-11H2. The van der Waals surface area contributed by atoms with Crippen molar-refractivity contribution in [2.75, 3.05) is 6.54 Å². The molecular formula is C16H14F3N. The fourth-order valence-electron chi connectivity index (χ4n) is 2.95. The molecule has 0 amide bonds. The van der Waals surface area contributed by atoms with Crippen LogP contribution in [0.2, 0.25) is 0 Å². The Morgan fingerprint density at radius 2 is 1.55 bits per heavy atom. The second kappa shape index (κ2) is 4.63. The zero-order chi connectivity index (χ0) is 14.2. The minimum atomic E-state index is -4.40. The molecule has 0 aliphatic carbocycles. The summed E-state index contributed by atoms with van der Waals surface area (Å²) in [5.74, 6) is 0. The number of hydrogen-bond acceptors (Lipinski definition) is 1. The lowest BCUT2D eigenvalue weighted by atomic mass is 9.77. The summed E-state index contributed by atoms with van der Waals surface area (Å²) < 4.78 is 41.7. The van der Waals surface area contributed by atoms with Crippen LogP contribution in [0.3, 0.4) is 0 Å². The van der Waals surface area contributed by atoms with Gasteiger partial charge in [-0.3, -0.25) is 5.32 Å². The quantitative estimate of drug-likeness (QED) is 0.839. The van der Waals surface area contributed by atoms with E-state index in [1.165, 1.54) is 12.1 Å². The first kappa shape index (κ1) is 13.2. The molecule has 20 heavy (non-hydrogen) atoms. The summed E-state index contributed by atoms with van der Waals surface area (Å²) in [6.07, 6.45) is -3.79. The van der Waals surface area contributed by atoms with Gasteiger partial charge in [0.25, 0.3) is 0 Å². The van der Waals surface area contributed by atoms with Crippen molar-refractivity contribution in [3.63, 3.8) is 0 Å². The van der Waals surface area contributed by atoms with E-state index in [1.54, 1.807) is 42.5 Å². The molecule has 1 atom stereocenters. The molecule has 104 valence electrons. The maximum absolute atomic E-state index is 13.9. The third-order valence-corrected chi connectivity index (χ3v) is 3.84. The van der Waals surface area contributed by atoms with Gasteiger partial charge in [0.1, 0.15) is 0 Å². The van der Waals surface area contributed by atoms with Gasteiger partial charge in [-0.2, -0.15) is 13.2 Å². The Kier molecular flexibility index (Phi) is 3.05. The molecule has 0 spiro atoms. The molecule has 1 aliphatic heterocycles. The van der Waals surface area contributed by atoms with Crippen LogP contribution in [0.4, 0.5) is 13.2 Å². The van der Waals surface area contributed by atoms with Crippen LogP contribution >= 0.6 is 0 Å². The third-order valence-electron chi connectivity index (χ3n) is 3.84. The topological polar surface area (TPSA) is 12.0 Å². The molecule has 3 rings (SSSR count). The summed E-state index contributed by atoms with van der Waals surface area (Å²) in [6.45, 7) is 0.311. The van der Waals surface area contributed by atoms with Gasteiger partial charge in [-0.25, -0.2) is 0 Å².